The maximum Gasteiger partial charge on any atom is 0.302 e. The van der Waals surface area contributed by atoms with Crippen LogP contribution in [0.25, 0.3) is 11.1 Å². The molecule has 28 heavy (non-hydrogen) atoms. The summed E-state index contributed by atoms with van der Waals surface area (Å²) < 4.78 is 10.6. The van der Waals surface area contributed by atoms with Crippen LogP contribution in [0.3, 0.4) is 0 Å². The van der Waals surface area contributed by atoms with Crippen LogP contribution < -0.4 is 4.74 Å². The fraction of sp³-hybridized carbons (Fsp3) is 0.160. The zero-order chi connectivity index (χ0) is 19.8. The lowest BCUT2D eigenvalue weighted by atomic mass is 9.88. The molecule has 3 rings (SSSR count). The van der Waals surface area contributed by atoms with Gasteiger partial charge < -0.3 is 9.47 Å². The Kier molecular flexibility index (Phi) is 6.64. The summed E-state index contributed by atoms with van der Waals surface area (Å²) in [5.74, 6) is 0.551. The van der Waals surface area contributed by atoms with Crippen molar-refractivity contribution in [3.05, 3.63) is 102 Å². The molecular weight excluding hydrogens is 348 g/mol. The Morgan fingerprint density at radius 2 is 1.29 bits per heavy atom. The summed E-state index contributed by atoms with van der Waals surface area (Å²) in [6.07, 6.45) is 0.625. The van der Waals surface area contributed by atoms with E-state index in [1.807, 2.05) is 48.5 Å². The third kappa shape index (κ3) is 4.89. The molecular formula is C25H24O3. The molecule has 0 saturated heterocycles. The van der Waals surface area contributed by atoms with Crippen LogP contribution in [0.5, 0.6) is 5.75 Å². The van der Waals surface area contributed by atoms with Crippen LogP contribution in [0.2, 0.25) is 0 Å². The first-order chi connectivity index (χ1) is 13.7. The summed E-state index contributed by atoms with van der Waals surface area (Å²) in [6, 6.07) is 28.6. The largest absolute Gasteiger partial charge is 0.497 e. The van der Waals surface area contributed by atoms with Crippen molar-refractivity contribution in [3.8, 4) is 5.75 Å². The van der Waals surface area contributed by atoms with Gasteiger partial charge in [-0.1, -0.05) is 72.8 Å². The highest BCUT2D eigenvalue weighted by Crippen LogP contribution is 2.35. The number of rotatable bonds is 7. The van der Waals surface area contributed by atoms with E-state index in [9.17, 15) is 4.79 Å². The van der Waals surface area contributed by atoms with Crippen molar-refractivity contribution in [2.75, 3.05) is 13.7 Å². The lowest BCUT2D eigenvalue weighted by Gasteiger charge is -2.18. The monoisotopic (exact) mass is 372 g/mol. The minimum absolute atomic E-state index is 0.266. The van der Waals surface area contributed by atoms with Gasteiger partial charge in [-0.3, -0.25) is 4.79 Å². The summed E-state index contributed by atoms with van der Waals surface area (Å²) in [6.45, 7) is 1.78. The number of ether oxygens (including phenoxy) is 2. The Labute approximate surface area is 166 Å². The molecule has 0 atom stereocenters. The fourth-order valence-corrected chi connectivity index (χ4v) is 3.23. The number of benzene rings is 3. The van der Waals surface area contributed by atoms with Gasteiger partial charge in [0.1, 0.15) is 5.75 Å². The zero-order valence-corrected chi connectivity index (χ0v) is 16.2. The summed E-state index contributed by atoms with van der Waals surface area (Å²) in [5.41, 5.74) is 5.59. The number of esters is 1. The Morgan fingerprint density at radius 3 is 1.82 bits per heavy atom. The molecule has 0 unspecified atom stereocenters. The second-order valence-electron chi connectivity index (χ2n) is 6.40. The van der Waals surface area contributed by atoms with Gasteiger partial charge in [0.2, 0.25) is 0 Å². The normalized spacial score (nSPS) is 11.5. The SMILES string of the molecule is COc1ccc(C(=C(CCOC(C)=O)c2ccccc2)c2ccccc2)cc1. The molecule has 0 radical (unpaired) electrons. The van der Waals surface area contributed by atoms with E-state index in [2.05, 4.69) is 36.4 Å². The lowest BCUT2D eigenvalue weighted by Crippen LogP contribution is -2.03. The Balaban J connectivity index is 2.17. The Hall–Kier alpha value is -3.33. The molecule has 0 fully saturated rings. The van der Waals surface area contributed by atoms with Crippen LogP contribution in [-0.4, -0.2) is 19.7 Å². The first-order valence-corrected chi connectivity index (χ1v) is 9.31. The van der Waals surface area contributed by atoms with E-state index in [0.29, 0.717) is 13.0 Å². The van der Waals surface area contributed by atoms with Crippen LogP contribution in [0, 0.1) is 0 Å². The molecule has 0 N–H and O–H groups in total. The predicted octanol–water partition coefficient (Wildman–Crippen LogP) is 5.61. The van der Waals surface area contributed by atoms with Gasteiger partial charge in [-0.15, -0.1) is 0 Å². The van der Waals surface area contributed by atoms with Gasteiger partial charge in [-0.05, 0) is 40.0 Å². The van der Waals surface area contributed by atoms with Crippen molar-refractivity contribution in [3.63, 3.8) is 0 Å². The first-order valence-electron chi connectivity index (χ1n) is 9.31. The van der Waals surface area contributed by atoms with Gasteiger partial charge in [0.25, 0.3) is 0 Å². The third-order valence-corrected chi connectivity index (χ3v) is 4.52. The smallest absolute Gasteiger partial charge is 0.302 e. The fourth-order valence-electron chi connectivity index (χ4n) is 3.23. The second-order valence-corrected chi connectivity index (χ2v) is 6.40. The van der Waals surface area contributed by atoms with Gasteiger partial charge in [0.05, 0.1) is 13.7 Å². The van der Waals surface area contributed by atoms with Crippen LogP contribution in [-0.2, 0) is 9.53 Å². The minimum Gasteiger partial charge on any atom is -0.497 e. The molecule has 3 aromatic rings. The van der Waals surface area contributed by atoms with Gasteiger partial charge >= 0.3 is 5.97 Å². The van der Waals surface area contributed by atoms with Crippen LogP contribution in [0.1, 0.15) is 30.0 Å². The molecule has 0 aliphatic rings. The Bertz CT molecular complexity index is 927. The molecule has 3 nitrogen and oxygen atoms in total. The van der Waals surface area contributed by atoms with Crippen LogP contribution in [0.15, 0.2) is 84.9 Å². The number of hydrogen-bond acceptors (Lipinski definition) is 3. The number of carbonyl (C=O) groups excluding carboxylic acids is 1. The van der Waals surface area contributed by atoms with E-state index in [1.165, 1.54) is 6.92 Å². The number of hydrogen-bond donors (Lipinski definition) is 0. The highest BCUT2D eigenvalue weighted by Gasteiger charge is 2.14. The summed E-state index contributed by atoms with van der Waals surface area (Å²) >= 11 is 0. The molecule has 0 heterocycles. The maximum absolute atomic E-state index is 11.3. The van der Waals surface area contributed by atoms with E-state index in [-0.39, 0.29) is 5.97 Å². The first kappa shape index (κ1) is 19.4. The van der Waals surface area contributed by atoms with Crippen molar-refractivity contribution in [1.29, 1.82) is 0 Å². The zero-order valence-electron chi connectivity index (χ0n) is 16.2. The van der Waals surface area contributed by atoms with Crippen LogP contribution >= 0.6 is 0 Å². The van der Waals surface area contributed by atoms with Crippen LogP contribution in [0.4, 0.5) is 0 Å². The average Bonchev–Trinajstić information content (AvgIpc) is 2.74. The van der Waals surface area contributed by atoms with Crippen molar-refractivity contribution < 1.29 is 14.3 Å². The molecule has 3 aromatic carbocycles. The molecule has 0 saturated carbocycles. The second kappa shape index (κ2) is 9.56. The van der Waals surface area contributed by atoms with Gasteiger partial charge in [-0.2, -0.15) is 0 Å². The highest BCUT2D eigenvalue weighted by molar-refractivity contribution is 5.98. The van der Waals surface area contributed by atoms with Gasteiger partial charge in [0, 0.05) is 13.3 Å². The van der Waals surface area contributed by atoms with Gasteiger partial charge in [-0.25, -0.2) is 0 Å². The summed E-state index contributed by atoms with van der Waals surface area (Å²) in [4.78, 5) is 11.3. The van der Waals surface area contributed by atoms with Crippen molar-refractivity contribution in [2.45, 2.75) is 13.3 Å². The van der Waals surface area contributed by atoms with E-state index in [1.54, 1.807) is 7.11 Å². The lowest BCUT2D eigenvalue weighted by molar-refractivity contribution is -0.140. The van der Waals surface area contributed by atoms with Gasteiger partial charge in [0.15, 0.2) is 0 Å². The predicted molar refractivity (Wildman–Crippen MR) is 113 cm³/mol. The topological polar surface area (TPSA) is 35.5 Å². The number of methoxy groups -OCH3 is 1. The molecule has 0 aliphatic heterocycles. The number of carbonyl (C=O) groups is 1. The van der Waals surface area contributed by atoms with E-state index < -0.39 is 0 Å². The highest BCUT2D eigenvalue weighted by atomic mass is 16.5. The van der Waals surface area contributed by atoms with E-state index in [4.69, 9.17) is 9.47 Å². The molecule has 0 bridgehead atoms. The van der Waals surface area contributed by atoms with E-state index in [0.717, 1.165) is 33.6 Å². The summed E-state index contributed by atoms with van der Waals surface area (Å²) in [5, 5.41) is 0. The minimum atomic E-state index is -0.266. The quantitative estimate of drug-likeness (QED) is 0.400. The van der Waals surface area contributed by atoms with Crippen molar-refractivity contribution in [1.82, 2.24) is 0 Å². The Morgan fingerprint density at radius 1 is 0.750 bits per heavy atom. The third-order valence-electron chi connectivity index (χ3n) is 4.52. The molecule has 0 aliphatic carbocycles. The molecule has 0 spiro atoms. The molecule has 3 heteroatoms. The van der Waals surface area contributed by atoms with Crippen molar-refractivity contribution in [2.24, 2.45) is 0 Å². The van der Waals surface area contributed by atoms with E-state index >= 15 is 0 Å². The molecule has 0 amide bonds. The molecule has 142 valence electrons. The van der Waals surface area contributed by atoms with Crippen molar-refractivity contribution >= 4 is 17.1 Å². The maximum atomic E-state index is 11.3. The standard InChI is InChI=1S/C25H24O3/c1-19(26)28-18-17-24(20-9-5-3-6-10-20)25(21-11-7-4-8-12-21)22-13-15-23(27-2)16-14-22/h3-16H,17-18H2,1-2H3. The average molecular weight is 372 g/mol. The summed E-state index contributed by atoms with van der Waals surface area (Å²) in [7, 11) is 1.66. The molecule has 0 aromatic heterocycles.